The summed E-state index contributed by atoms with van der Waals surface area (Å²) in [5.74, 6) is -0.236. The van der Waals surface area contributed by atoms with Gasteiger partial charge in [-0.25, -0.2) is 18.2 Å². The second-order valence-electron chi connectivity index (χ2n) is 10.1. The molecular weight excluding hydrogens is 600 g/mol. The average molecular weight is 637 g/mol. The molecule has 2 fully saturated rings. The lowest BCUT2D eigenvalue weighted by Gasteiger charge is -2.34. The topological polar surface area (TPSA) is 115 Å². The van der Waals surface area contributed by atoms with Gasteiger partial charge in [0.25, 0.3) is 5.91 Å². The number of halogens is 1. The molecule has 5 rings (SSSR count). The number of benzene rings is 2. The minimum atomic E-state index is -3.72. The van der Waals surface area contributed by atoms with Gasteiger partial charge >= 0.3 is 6.09 Å². The summed E-state index contributed by atoms with van der Waals surface area (Å²) in [7, 11) is -3.72. The fourth-order valence-corrected chi connectivity index (χ4v) is 7.57. The summed E-state index contributed by atoms with van der Waals surface area (Å²) in [6, 6.07) is 12.3. The van der Waals surface area contributed by atoms with Crippen molar-refractivity contribution in [3.63, 3.8) is 0 Å². The average Bonchev–Trinajstić information content (AvgIpc) is 3.44. The highest BCUT2D eigenvalue weighted by Crippen LogP contribution is 2.31. The Bertz CT molecular complexity index is 1480. The molecular formula is C28H37ClN6O5S2. The van der Waals surface area contributed by atoms with Crippen molar-refractivity contribution in [3.8, 4) is 0 Å². The van der Waals surface area contributed by atoms with Crippen LogP contribution >= 0.6 is 23.7 Å². The van der Waals surface area contributed by atoms with Gasteiger partial charge < -0.3 is 19.9 Å². The van der Waals surface area contributed by atoms with Crippen LogP contribution in [0, 0.1) is 6.92 Å². The van der Waals surface area contributed by atoms with Gasteiger partial charge in [0.1, 0.15) is 0 Å². The standard InChI is InChI=1S/C28H36N6O5S2.ClH/c1-3-39-28(36)33-17-19-34(20-18-33)41(37,38)23-9-7-22(8-10-23)26(35)29-11-12-31-13-15-32(16-14-31)27-30-25-21(2)5-4-6-24(25)40-27;/h4-10H,3,11-20H2,1-2H3,(H,29,35);1H. The van der Waals surface area contributed by atoms with E-state index in [2.05, 4.69) is 40.2 Å². The van der Waals surface area contributed by atoms with Crippen LogP contribution in [0.15, 0.2) is 47.4 Å². The lowest BCUT2D eigenvalue weighted by Crippen LogP contribution is -2.50. The monoisotopic (exact) mass is 636 g/mol. The fraction of sp³-hybridized carbons (Fsp3) is 0.464. The molecule has 0 saturated carbocycles. The van der Waals surface area contributed by atoms with Gasteiger partial charge in [0.2, 0.25) is 10.0 Å². The highest BCUT2D eigenvalue weighted by Gasteiger charge is 2.30. The third-order valence-corrected chi connectivity index (χ3v) is 10.5. The summed E-state index contributed by atoms with van der Waals surface area (Å²) in [6.45, 7) is 9.84. The van der Waals surface area contributed by atoms with E-state index in [4.69, 9.17) is 9.72 Å². The maximum atomic E-state index is 13.1. The Morgan fingerprint density at radius 2 is 1.67 bits per heavy atom. The summed E-state index contributed by atoms with van der Waals surface area (Å²) >= 11 is 1.73. The van der Waals surface area contributed by atoms with Crippen LogP contribution in [0.1, 0.15) is 22.8 Å². The van der Waals surface area contributed by atoms with E-state index in [1.807, 2.05) is 0 Å². The van der Waals surface area contributed by atoms with E-state index >= 15 is 0 Å². The quantitative estimate of drug-likeness (QED) is 0.401. The molecule has 0 bridgehead atoms. The Morgan fingerprint density at radius 3 is 2.31 bits per heavy atom. The third-order valence-electron chi connectivity index (χ3n) is 7.48. The zero-order chi connectivity index (χ0) is 29.0. The van der Waals surface area contributed by atoms with Crippen molar-refractivity contribution in [2.75, 3.05) is 77.0 Å². The first-order valence-electron chi connectivity index (χ1n) is 13.9. The molecule has 0 unspecified atom stereocenters. The van der Waals surface area contributed by atoms with E-state index in [1.54, 1.807) is 18.3 Å². The Morgan fingerprint density at radius 1 is 0.976 bits per heavy atom. The largest absolute Gasteiger partial charge is 0.450 e. The van der Waals surface area contributed by atoms with E-state index < -0.39 is 16.1 Å². The van der Waals surface area contributed by atoms with E-state index in [0.29, 0.717) is 12.1 Å². The number of aryl methyl sites for hydroxylation is 1. The summed E-state index contributed by atoms with van der Waals surface area (Å²) in [5, 5.41) is 4.01. The molecule has 14 heteroatoms. The molecule has 2 aliphatic heterocycles. The molecule has 2 saturated heterocycles. The lowest BCUT2D eigenvalue weighted by atomic mass is 10.2. The summed E-state index contributed by atoms with van der Waals surface area (Å²) < 4.78 is 33.7. The van der Waals surface area contributed by atoms with Gasteiger partial charge in [-0.05, 0) is 49.7 Å². The van der Waals surface area contributed by atoms with Crippen LogP contribution < -0.4 is 10.2 Å². The Kier molecular flexibility index (Phi) is 10.7. The van der Waals surface area contributed by atoms with Crippen molar-refractivity contribution in [2.45, 2.75) is 18.7 Å². The van der Waals surface area contributed by atoms with Crippen LogP contribution in [0.3, 0.4) is 0 Å². The number of anilines is 1. The molecule has 11 nitrogen and oxygen atoms in total. The number of piperazine rings is 2. The highest BCUT2D eigenvalue weighted by atomic mass is 35.5. The van der Waals surface area contributed by atoms with Gasteiger partial charge in [-0.1, -0.05) is 23.5 Å². The summed E-state index contributed by atoms with van der Waals surface area (Å²) in [6.07, 6.45) is -0.429. The number of ether oxygens (including phenoxy) is 1. The number of thiazole rings is 1. The summed E-state index contributed by atoms with van der Waals surface area (Å²) in [4.78, 5) is 35.7. The number of amides is 2. The van der Waals surface area contributed by atoms with E-state index in [-0.39, 0.29) is 56.0 Å². The predicted octanol–water partition coefficient (Wildman–Crippen LogP) is 3.04. The van der Waals surface area contributed by atoms with Crippen LogP contribution in [0.2, 0.25) is 0 Å². The third kappa shape index (κ3) is 7.14. The van der Waals surface area contributed by atoms with Crippen LogP contribution in [0.5, 0.6) is 0 Å². The zero-order valence-corrected chi connectivity index (χ0v) is 26.3. The number of hydrogen-bond acceptors (Lipinski definition) is 9. The van der Waals surface area contributed by atoms with Gasteiger partial charge in [0.05, 0.1) is 21.7 Å². The molecule has 42 heavy (non-hydrogen) atoms. The molecule has 1 N–H and O–H groups in total. The van der Waals surface area contributed by atoms with Crippen molar-refractivity contribution >= 4 is 61.1 Å². The number of sulfonamides is 1. The minimum Gasteiger partial charge on any atom is -0.450 e. The van der Waals surface area contributed by atoms with Crippen molar-refractivity contribution < 1.29 is 22.7 Å². The number of nitrogens with one attached hydrogen (secondary N) is 1. The lowest BCUT2D eigenvalue weighted by molar-refractivity contribution is 0.0932. The Balaban J connectivity index is 0.00000405. The predicted molar refractivity (Wildman–Crippen MR) is 166 cm³/mol. The number of nitrogens with zero attached hydrogens (tertiary/aromatic N) is 5. The molecule has 1 aromatic heterocycles. The number of hydrogen-bond donors (Lipinski definition) is 1. The number of aromatic nitrogens is 1. The molecule has 2 aliphatic rings. The van der Waals surface area contributed by atoms with E-state index in [9.17, 15) is 18.0 Å². The minimum absolute atomic E-state index is 0. The van der Waals surface area contributed by atoms with Crippen molar-refractivity contribution in [3.05, 3.63) is 53.6 Å². The SMILES string of the molecule is CCOC(=O)N1CCN(S(=O)(=O)c2ccc(C(=O)NCCN3CCN(c4nc5c(C)cccc5s4)CC3)cc2)CC1.Cl. The van der Waals surface area contributed by atoms with Crippen LogP contribution in [0.4, 0.5) is 9.93 Å². The normalized spacial score (nSPS) is 16.7. The van der Waals surface area contributed by atoms with E-state index in [0.717, 1.165) is 43.4 Å². The van der Waals surface area contributed by atoms with E-state index in [1.165, 1.54) is 43.7 Å². The van der Waals surface area contributed by atoms with Gasteiger partial charge in [-0.2, -0.15) is 4.31 Å². The molecule has 0 atom stereocenters. The molecule has 2 aromatic carbocycles. The first kappa shape index (κ1) is 32.0. The number of carbonyl (C=O) groups excluding carboxylic acids is 2. The molecule has 228 valence electrons. The smallest absolute Gasteiger partial charge is 0.409 e. The molecule has 3 heterocycles. The molecule has 0 radical (unpaired) electrons. The zero-order valence-electron chi connectivity index (χ0n) is 23.8. The maximum absolute atomic E-state index is 13.1. The van der Waals surface area contributed by atoms with Gasteiger partial charge in [-0.15, -0.1) is 12.4 Å². The Hall–Kier alpha value is -2.97. The van der Waals surface area contributed by atoms with Gasteiger partial charge in [0, 0.05) is 71.0 Å². The Labute approximate surface area is 256 Å². The molecule has 0 spiro atoms. The van der Waals surface area contributed by atoms with Crippen molar-refractivity contribution in [2.24, 2.45) is 0 Å². The number of carbonyl (C=O) groups is 2. The fourth-order valence-electron chi connectivity index (χ4n) is 5.06. The molecule has 0 aliphatic carbocycles. The highest BCUT2D eigenvalue weighted by molar-refractivity contribution is 7.89. The van der Waals surface area contributed by atoms with Gasteiger partial charge in [-0.3, -0.25) is 9.69 Å². The van der Waals surface area contributed by atoms with Crippen LogP contribution in [-0.4, -0.2) is 112 Å². The number of para-hydroxylation sites is 1. The second kappa shape index (κ2) is 14.0. The van der Waals surface area contributed by atoms with Crippen molar-refractivity contribution in [1.29, 1.82) is 0 Å². The molecule has 3 aromatic rings. The van der Waals surface area contributed by atoms with Gasteiger partial charge in [0.15, 0.2) is 5.13 Å². The molecule has 2 amide bonds. The summed E-state index contributed by atoms with van der Waals surface area (Å²) in [5.41, 5.74) is 2.69. The number of rotatable bonds is 8. The maximum Gasteiger partial charge on any atom is 0.409 e. The van der Waals surface area contributed by atoms with Crippen LogP contribution in [-0.2, 0) is 14.8 Å². The first-order chi connectivity index (χ1) is 19.8. The van der Waals surface area contributed by atoms with Crippen LogP contribution in [0.25, 0.3) is 10.2 Å². The van der Waals surface area contributed by atoms with Crippen molar-refractivity contribution in [1.82, 2.24) is 24.4 Å². The second-order valence-corrected chi connectivity index (χ2v) is 13.1. The number of fused-ring (bicyclic) bond motifs is 1. The first-order valence-corrected chi connectivity index (χ1v) is 16.2.